The average molecular weight is 300 g/mol. The van der Waals surface area contributed by atoms with Crippen LogP contribution in [-0.2, 0) is 11.3 Å². The summed E-state index contributed by atoms with van der Waals surface area (Å²) in [5.74, 6) is -2.74. The maximum atomic E-state index is 13.4. The van der Waals surface area contributed by atoms with E-state index >= 15 is 0 Å². The number of carboxylic acid groups (broad SMARTS) is 1. The molecule has 0 aliphatic carbocycles. The van der Waals surface area contributed by atoms with Crippen molar-refractivity contribution < 1.29 is 28.6 Å². The number of benzene rings is 1. The zero-order valence-corrected chi connectivity index (χ0v) is 10.9. The molecule has 2 amide bonds. The molecule has 2 rings (SSSR count). The molecule has 0 unspecified atom stereocenters. The van der Waals surface area contributed by atoms with Gasteiger partial charge in [-0.15, -0.1) is 0 Å². The van der Waals surface area contributed by atoms with Crippen LogP contribution in [0.3, 0.4) is 0 Å². The number of carbonyl (C=O) groups excluding carboxylic acids is 1. The number of urea groups is 1. The fourth-order valence-corrected chi connectivity index (χ4v) is 2.21. The second-order valence-electron chi connectivity index (χ2n) is 4.79. The van der Waals surface area contributed by atoms with Crippen molar-refractivity contribution in [1.82, 2.24) is 10.2 Å². The van der Waals surface area contributed by atoms with Crippen LogP contribution in [0.25, 0.3) is 0 Å². The van der Waals surface area contributed by atoms with Crippen LogP contribution in [0.5, 0.6) is 0 Å². The second kappa shape index (κ2) is 6.04. The van der Waals surface area contributed by atoms with Crippen LogP contribution in [0.15, 0.2) is 18.2 Å². The maximum Gasteiger partial charge on any atom is 0.326 e. The molecule has 2 atom stereocenters. The van der Waals surface area contributed by atoms with Crippen molar-refractivity contribution >= 4 is 12.0 Å². The number of nitrogens with one attached hydrogen (secondary N) is 1. The highest BCUT2D eigenvalue weighted by Crippen LogP contribution is 2.18. The number of β-amino-alcohol motifs (C(OH)–C–C–N with tert-alkyl or cyclic N) is 1. The third-order valence-electron chi connectivity index (χ3n) is 3.27. The third kappa shape index (κ3) is 3.46. The molecule has 1 aliphatic rings. The van der Waals surface area contributed by atoms with E-state index in [-0.39, 0.29) is 25.1 Å². The predicted octanol–water partition coefficient (Wildman–Crippen LogP) is 0.694. The predicted molar refractivity (Wildman–Crippen MR) is 67.3 cm³/mol. The van der Waals surface area contributed by atoms with Gasteiger partial charge in [0.05, 0.1) is 6.10 Å². The highest BCUT2D eigenvalue weighted by molar-refractivity contribution is 5.83. The Morgan fingerprint density at radius 3 is 2.71 bits per heavy atom. The molecule has 1 aliphatic heterocycles. The van der Waals surface area contributed by atoms with Crippen LogP contribution in [0.4, 0.5) is 13.6 Å². The van der Waals surface area contributed by atoms with E-state index in [0.29, 0.717) is 6.07 Å². The molecule has 1 fully saturated rings. The summed E-state index contributed by atoms with van der Waals surface area (Å²) >= 11 is 0. The Bertz CT molecular complexity index is 567. The molecule has 21 heavy (non-hydrogen) atoms. The molecular weight excluding hydrogens is 286 g/mol. The van der Waals surface area contributed by atoms with Crippen molar-refractivity contribution in [2.24, 2.45) is 0 Å². The quantitative estimate of drug-likeness (QED) is 0.766. The Kier molecular flexibility index (Phi) is 4.37. The Labute approximate surface area is 119 Å². The molecule has 1 aromatic rings. The molecule has 1 heterocycles. The highest BCUT2D eigenvalue weighted by Gasteiger charge is 2.38. The molecule has 0 saturated carbocycles. The normalized spacial score (nSPS) is 21.4. The molecule has 8 heteroatoms. The van der Waals surface area contributed by atoms with Gasteiger partial charge in [-0.25, -0.2) is 18.4 Å². The number of nitrogens with zero attached hydrogens (tertiary/aromatic N) is 1. The summed E-state index contributed by atoms with van der Waals surface area (Å²) in [6, 6.07) is 1.12. The van der Waals surface area contributed by atoms with E-state index in [0.717, 1.165) is 11.0 Å². The zero-order chi connectivity index (χ0) is 15.6. The van der Waals surface area contributed by atoms with Gasteiger partial charge in [0.2, 0.25) is 0 Å². The zero-order valence-electron chi connectivity index (χ0n) is 10.9. The molecule has 3 N–H and O–H groups in total. The summed E-state index contributed by atoms with van der Waals surface area (Å²) in [4.78, 5) is 23.9. The minimum atomic E-state index is -1.21. The number of amides is 2. The first-order valence-corrected chi connectivity index (χ1v) is 6.27. The molecular formula is C13H14F2N2O4. The monoisotopic (exact) mass is 300 g/mol. The van der Waals surface area contributed by atoms with Gasteiger partial charge >= 0.3 is 12.0 Å². The maximum absolute atomic E-state index is 13.4. The van der Waals surface area contributed by atoms with E-state index in [4.69, 9.17) is 5.11 Å². The first-order chi connectivity index (χ1) is 9.88. The molecule has 1 aromatic carbocycles. The van der Waals surface area contributed by atoms with Crippen LogP contribution in [0, 0.1) is 11.6 Å². The van der Waals surface area contributed by atoms with E-state index in [1.165, 1.54) is 6.07 Å². The van der Waals surface area contributed by atoms with Crippen LogP contribution in [-0.4, -0.2) is 45.8 Å². The van der Waals surface area contributed by atoms with E-state index in [1.54, 1.807) is 0 Å². The molecule has 0 aromatic heterocycles. The summed E-state index contributed by atoms with van der Waals surface area (Å²) in [6.45, 7) is -0.307. The number of aliphatic carboxylic acids is 1. The molecule has 0 radical (unpaired) electrons. The Morgan fingerprint density at radius 1 is 1.38 bits per heavy atom. The van der Waals surface area contributed by atoms with Gasteiger partial charge in [-0.3, -0.25) is 0 Å². The number of likely N-dealkylation sites (tertiary alicyclic amines) is 1. The SMILES string of the molecule is O=C(O)[C@@H]1C[C@H](O)CN1C(=O)NCc1ccc(F)cc1F. The number of halogens is 2. The minimum absolute atomic E-state index is 0.0480. The lowest BCUT2D eigenvalue weighted by Crippen LogP contribution is -2.46. The van der Waals surface area contributed by atoms with Crippen LogP contribution < -0.4 is 5.32 Å². The first kappa shape index (κ1) is 15.2. The van der Waals surface area contributed by atoms with Gasteiger partial charge in [0.25, 0.3) is 0 Å². The van der Waals surface area contributed by atoms with Gasteiger partial charge in [0.1, 0.15) is 17.7 Å². The first-order valence-electron chi connectivity index (χ1n) is 6.27. The van der Waals surface area contributed by atoms with Gasteiger partial charge in [0, 0.05) is 31.1 Å². The van der Waals surface area contributed by atoms with Crippen molar-refractivity contribution in [1.29, 1.82) is 0 Å². The number of rotatable bonds is 3. The van der Waals surface area contributed by atoms with Crippen LogP contribution in [0.2, 0.25) is 0 Å². The molecule has 114 valence electrons. The number of aliphatic hydroxyl groups is 1. The summed E-state index contributed by atoms with van der Waals surface area (Å²) < 4.78 is 26.2. The summed E-state index contributed by atoms with van der Waals surface area (Å²) in [7, 11) is 0. The number of hydrogen-bond acceptors (Lipinski definition) is 3. The van der Waals surface area contributed by atoms with Gasteiger partial charge in [-0.1, -0.05) is 6.07 Å². The van der Waals surface area contributed by atoms with Crippen molar-refractivity contribution in [3.63, 3.8) is 0 Å². The topological polar surface area (TPSA) is 89.9 Å². The number of aliphatic hydroxyl groups excluding tert-OH is 1. The highest BCUT2D eigenvalue weighted by atomic mass is 19.1. The summed E-state index contributed by atoms with van der Waals surface area (Å²) in [5, 5.41) is 20.8. The number of carbonyl (C=O) groups is 2. The van der Waals surface area contributed by atoms with E-state index in [9.17, 15) is 23.5 Å². The standard InChI is InChI=1S/C13H14F2N2O4/c14-8-2-1-7(10(15)3-8)5-16-13(21)17-6-9(18)4-11(17)12(19)20/h1-3,9,11,18H,4-6H2,(H,16,21)(H,19,20)/t9-,11-/m0/s1. The second-order valence-corrected chi connectivity index (χ2v) is 4.79. The summed E-state index contributed by atoms with van der Waals surface area (Å²) in [5.41, 5.74) is 0.0800. The largest absolute Gasteiger partial charge is 0.480 e. The minimum Gasteiger partial charge on any atom is -0.480 e. The van der Waals surface area contributed by atoms with Gasteiger partial charge in [-0.2, -0.15) is 0 Å². The van der Waals surface area contributed by atoms with Gasteiger partial charge in [-0.05, 0) is 6.07 Å². The van der Waals surface area contributed by atoms with Crippen molar-refractivity contribution in [2.45, 2.75) is 25.1 Å². The number of hydrogen-bond donors (Lipinski definition) is 3. The van der Waals surface area contributed by atoms with Crippen LogP contribution in [0.1, 0.15) is 12.0 Å². The lowest BCUT2D eigenvalue weighted by Gasteiger charge is -2.21. The fourth-order valence-electron chi connectivity index (χ4n) is 2.21. The lowest BCUT2D eigenvalue weighted by atomic mass is 10.2. The van der Waals surface area contributed by atoms with Crippen molar-refractivity contribution in [3.05, 3.63) is 35.4 Å². The van der Waals surface area contributed by atoms with Gasteiger partial charge in [0.15, 0.2) is 0 Å². The fraction of sp³-hybridized carbons (Fsp3) is 0.385. The van der Waals surface area contributed by atoms with E-state index in [2.05, 4.69) is 5.32 Å². The van der Waals surface area contributed by atoms with E-state index in [1.807, 2.05) is 0 Å². The molecule has 0 bridgehead atoms. The average Bonchev–Trinajstić information content (AvgIpc) is 2.80. The summed E-state index contributed by atoms with van der Waals surface area (Å²) in [6.07, 6.45) is -0.951. The Balaban J connectivity index is 1.99. The number of carboxylic acids is 1. The van der Waals surface area contributed by atoms with Crippen molar-refractivity contribution in [2.75, 3.05) is 6.54 Å². The van der Waals surface area contributed by atoms with E-state index < -0.39 is 35.8 Å². The van der Waals surface area contributed by atoms with Crippen LogP contribution >= 0.6 is 0 Å². The Hall–Kier alpha value is -2.22. The molecule has 0 spiro atoms. The van der Waals surface area contributed by atoms with Crippen molar-refractivity contribution in [3.8, 4) is 0 Å². The smallest absolute Gasteiger partial charge is 0.326 e. The third-order valence-corrected chi connectivity index (χ3v) is 3.27. The lowest BCUT2D eigenvalue weighted by molar-refractivity contribution is -0.141. The van der Waals surface area contributed by atoms with Gasteiger partial charge < -0.3 is 20.4 Å². The Morgan fingerprint density at radius 2 is 2.10 bits per heavy atom. The molecule has 1 saturated heterocycles. The molecule has 6 nitrogen and oxygen atoms in total.